The quantitative estimate of drug-likeness (QED) is 0.728. The van der Waals surface area contributed by atoms with Crippen LogP contribution in [0.2, 0.25) is 0 Å². The van der Waals surface area contributed by atoms with E-state index in [9.17, 15) is 14.7 Å². The summed E-state index contributed by atoms with van der Waals surface area (Å²) in [5.74, 6) is 1.56. The number of aliphatic hydroxyl groups excluding tert-OH is 1. The van der Waals surface area contributed by atoms with Crippen molar-refractivity contribution in [1.29, 1.82) is 0 Å². The number of piperidine rings is 1. The van der Waals surface area contributed by atoms with Crippen LogP contribution in [0.25, 0.3) is 0 Å². The van der Waals surface area contributed by atoms with E-state index in [1.807, 2.05) is 23.1 Å². The summed E-state index contributed by atoms with van der Waals surface area (Å²) >= 11 is 0. The molecule has 0 radical (unpaired) electrons. The number of carbonyl (C=O) groups excluding carboxylic acids is 2. The van der Waals surface area contributed by atoms with E-state index in [1.54, 1.807) is 0 Å². The molecule has 1 aromatic carbocycles. The molecule has 4 aliphatic rings. The van der Waals surface area contributed by atoms with Gasteiger partial charge in [-0.05, 0) is 62.6 Å². The van der Waals surface area contributed by atoms with Crippen LogP contribution in [-0.4, -0.2) is 59.8 Å². The molecule has 3 fully saturated rings. The van der Waals surface area contributed by atoms with Gasteiger partial charge in [0.1, 0.15) is 18.0 Å². The van der Waals surface area contributed by atoms with Crippen LogP contribution in [0.1, 0.15) is 62.8 Å². The van der Waals surface area contributed by atoms with Gasteiger partial charge in [-0.1, -0.05) is 0 Å². The van der Waals surface area contributed by atoms with Crippen molar-refractivity contribution in [1.82, 2.24) is 4.90 Å². The standard InChI is InChI=1S/C24H32N2O5/c27-14-21-24-19(12-17(30-21)13-23(29)26-8-2-1-3-9-26)18-11-16(6-7-20(18)31-24)25-22(28)10-15-4-5-15/h6-7,11,15,17,19,21,24,27H,1-5,8-10,12-14H2,(H,25,28)/t17-,19+,21+,24-/m0/s1. The highest BCUT2D eigenvalue weighted by atomic mass is 16.6. The minimum Gasteiger partial charge on any atom is -0.487 e. The highest BCUT2D eigenvalue weighted by molar-refractivity contribution is 5.91. The SMILES string of the molecule is O=C(CC1CC1)Nc1ccc2c(c1)[C@H]1C[C@@H](CC(=O)N3CCCCC3)O[C@H](CO)[C@H]1O2. The smallest absolute Gasteiger partial charge is 0.225 e. The maximum Gasteiger partial charge on any atom is 0.225 e. The van der Waals surface area contributed by atoms with Crippen molar-refractivity contribution in [2.45, 2.75) is 75.6 Å². The van der Waals surface area contributed by atoms with Gasteiger partial charge >= 0.3 is 0 Å². The molecule has 3 aliphatic heterocycles. The molecule has 1 aliphatic carbocycles. The summed E-state index contributed by atoms with van der Waals surface area (Å²) in [6.45, 7) is 1.52. The van der Waals surface area contributed by atoms with Gasteiger partial charge in [-0.15, -0.1) is 0 Å². The van der Waals surface area contributed by atoms with E-state index in [2.05, 4.69) is 5.32 Å². The number of hydrogen-bond acceptors (Lipinski definition) is 5. The molecule has 7 heteroatoms. The predicted octanol–water partition coefficient (Wildman–Crippen LogP) is 2.82. The summed E-state index contributed by atoms with van der Waals surface area (Å²) < 4.78 is 12.2. The van der Waals surface area contributed by atoms with Crippen LogP contribution in [0.3, 0.4) is 0 Å². The Bertz CT molecular complexity index is 833. The minimum atomic E-state index is -0.460. The summed E-state index contributed by atoms with van der Waals surface area (Å²) in [5.41, 5.74) is 1.81. The molecule has 1 aromatic rings. The number of amides is 2. The lowest BCUT2D eigenvalue weighted by molar-refractivity contribution is -0.149. The highest BCUT2D eigenvalue weighted by Gasteiger charge is 2.46. The normalized spacial score (nSPS) is 29.6. The lowest BCUT2D eigenvalue weighted by Crippen LogP contribution is -2.48. The maximum absolute atomic E-state index is 12.8. The zero-order chi connectivity index (χ0) is 21.4. The van der Waals surface area contributed by atoms with Gasteiger partial charge in [-0.25, -0.2) is 0 Å². The van der Waals surface area contributed by atoms with Crippen LogP contribution in [0, 0.1) is 5.92 Å². The molecule has 3 heterocycles. The van der Waals surface area contributed by atoms with E-state index in [4.69, 9.17) is 9.47 Å². The van der Waals surface area contributed by atoms with Gasteiger partial charge < -0.3 is 24.8 Å². The lowest BCUT2D eigenvalue weighted by atomic mass is 9.84. The molecule has 7 nitrogen and oxygen atoms in total. The molecule has 2 saturated heterocycles. The van der Waals surface area contributed by atoms with E-state index < -0.39 is 6.10 Å². The molecule has 2 N–H and O–H groups in total. The van der Waals surface area contributed by atoms with Gasteiger partial charge in [-0.3, -0.25) is 9.59 Å². The third-order valence-corrected chi connectivity index (χ3v) is 7.07. The Balaban J connectivity index is 1.28. The fourth-order valence-electron chi connectivity index (χ4n) is 5.23. The van der Waals surface area contributed by atoms with E-state index >= 15 is 0 Å². The first-order valence-electron chi connectivity index (χ1n) is 11.7. The van der Waals surface area contributed by atoms with Crippen molar-refractivity contribution in [2.75, 3.05) is 25.0 Å². The van der Waals surface area contributed by atoms with Gasteiger partial charge in [0.25, 0.3) is 0 Å². The topological polar surface area (TPSA) is 88.1 Å². The first-order valence-corrected chi connectivity index (χ1v) is 11.7. The van der Waals surface area contributed by atoms with Crippen molar-refractivity contribution in [2.24, 2.45) is 5.92 Å². The lowest BCUT2D eigenvalue weighted by Gasteiger charge is -2.38. The van der Waals surface area contributed by atoms with E-state index in [0.717, 1.165) is 55.8 Å². The van der Waals surface area contributed by atoms with Crippen LogP contribution in [0.4, 0.5) is 5.69 Å². The first kappa shape index (κ1) is 20.8. The first-order chi connectivity index (χ1) is 15.1. The van der Waals surface area contributed by atoms with Crippen molar-refractivity contribution in [3.05, 3.63) is 23.8 Å². The van der Waals surface area contributed by atoms with Gasteiger partial charge in [-0.2, -0.15) is 0 Å². The van der Waals surface area contributed by atoms with Gasteiger partial charge in [0, 0.05) is 36.7 Å². The van der Waals surface area contributed by atoms with Crippen molar-refractivity contribution >= 4 is 17.5 Å². The third kappa shape index (κ3) is 4.58. The Morgan fingerprint density at radius 3 is 2.68 bits per heavy atom. The molecule has 31 heavy (non-hydrogen) atoms. The fourth-order valence-corrected chi connectivity index (χ4v) is 5.23. The number of aliphatic hydroxyl groups is 1. The summed E-state index contributed by atoms with van der Waals surface area (Å²) in [4.78, 5) is 26.9. The molecule has 0 unspecified atom stereocenters. The van der Waals surface area contributed by atoms with Crippen molar-refractivity contribution in [3.8, 4) is 5.75 Å². The average Bonchev–Trinajstić information content (AvgIpc) is 3.52. The molecular weight excluding hydrogens is 396 g/mol. The number of rotatable bonds is 6. The Morgan fingerprint density at radius 1 is 1.13 bits per heavy atom. The summed E-state index contributed by atoms with van der Waals surface area (Å²) in [6, 6.07) is 5.75. The second kappa shape index (κ2) is 8.79. The Hall–Kier alpha value is -2.12. The second-order valence-corrected chi connectivity index (χ2v) is 9.50. The van der Waals surface area contributed by atoms with Crippen LogP contribution >= 0.6 is 0 Å². The Labute approximate surface area is 183 Å². The van der Waals surface area contributed by atoms with Crippen molar-refractivity contribution in [3.63, 3.8) is 0 Å². The second-order valence-electron chi connectivity index (χ2n) is 9.50. The number of likely N-dealkylation sites (tertiary alicyclic amines) is 1. The molecular formula is C24H32N2O5. The van der Waals surface area contributed by atoms with Gasteiger partial charge in [0.05, 0.1) is 19.1 Å². The molecule has 4 atom stereocenters. The summed E-state index contributed by atoms with van der Waals surface area (Å²) in [7, 11) is 0. The zero-order valence-corrected chi connectivity index (χ0v) is 17.9. The molecule has 168 valence electrons. The van der Waals surface area contributed by atoms with Gasteiger partial charge in [0.15, 0.2) is 0 Å². The number of nitrogens with one attached hydrogen (secondary N) is 1. The van der Waals surface area contributed by atoms with Crippen molar-refractivity contribution < 1.29 is 24.2 Å². The number of anilines is 1. The Kier molecular flexibility index (Phi) is 5.89. The largest absolute Gasteiger partial charge is 0.487 e. The fraction of sp³-hybridized carbons (Fsp3) is 0.667. The van der Waals surface area contributed by atoms with Crippen LogP contribution < -0.4 is 10.1 Å². The van der Waals surface area contributed by atoms with Crippen LogP contribution in [0.15, 0.2) is 18.2 Å². The number of benzene rings is 1. The van der Waals surface area contributed by atoms with Crippen LogP contribution in [-0.2, 0) is 14.3 Å². The van der Waals surface area contributed by atoms with Crippen LogP contribution in [0.5, 0.6) is 5.75 Å². The number of nitrogens with zero attached hydrogens (tertiary/aromatic N) is 1. The molecule has 2 amide bonds. The minimum absolute atomic E-state index is 0.0420. The van der Waals surface area contributed by atoms with E-state index in [0.29, 0.717) is 25.2 Å². The molecule has 0 spiro atoms. The number of ether oxygens (including phenoxy) is 2. The summed E-state index contributed by atoms with van der Waals surface area (Å²) in [5, 5.41) is 12.9. The average molecular weight is 429 g/mol. The monoisotopic (exact) mass is 428 g/mol. The van der Waals surface area contributed by atoms with E-state index in [-0.39, 0.29) is 36.5 Å². The van der Waals surface area contributed by atoms with E-state index in [1.165, 1.54) is 6.42 Å². The third-order valence-electron chi connectivity index (χ3n) is 7.07. The molecule has 1 saturated carbocycles. The predicted molar refractivity (Wildman–Crippen MR) is 115 cm³/mol. The molecule has 0 bridgehead atoms. The number of fused-ring (bicyclic) bond motifs is 3. The zero-order valence-electron chi connectivity index (χ0n) is 17.9. The molecule has 5 rings (SSSR count). The number of carbonyl (C=O) groups is 2. The number of hydrogen-bond donors (Lipinski definition) is 2. The summed E-state index contributed by atoms with van der Waals surface area (Å²) in [6.07, 6.45) is 6.25. The molecule has 0 aromatic heterocycles. The maximum atomic E-state index is 12.8. The highest BCUT2D eigenvalue weighted by Crippen LogP contribution is 2.47. The Morgan fingerprint density at radius 2 is 1.94 bits per heavy atom. The van der Waals surface area contributed by atoms with Gasteiger partial charge in [0.2, 0.25) is 11.8 Å².